The molecule has 1 aliphatic carbocycles. The maximum absolute atomic E-state index is 15.0. The molecule has 2 saturated heterocycles. The van der Waals surface area contributed by atoms with Crippen LogP contribution in [0.3, 0.4) is 0 Å². The second kappa shape index (κ2) is 12.2. The van der Waals surface area contributed by atoms with E-state index in [-0.39, 0.29) is 31.0 Å². The van der Waals surface area contributed by atoms with Crippen molar-refractivity contribution in [1.29, 1.82) is 0 Å². The van der Waals surface area contributed by atoms with Crippen LogP contribution in [0, 0.1) is 5.82 Å². The highest BCUT2D eigenvalue weighted by atomic mass is 19.1. The molecule has 3 unspecified atom stereocenters. The van der Waals surface area contributed by atoms with E-state index < -0.39 is 23.3 Å². The molecule has 1 spiro atoms. The molecule has 41 heavy (non-hydrogen) atoms. The number of likely N-dealkylation sites (tertiary alicyclic amines) is 1. The summed E-state index contributed by atoms with van der Waals surface area (Å²) in [7, 11) is 0. The third-order valence-corrected chi connectivity index (χ3v) is 7.81. The fraction of sp³-hybridized carbons (Fsp3) is 0.500. The largest absolute Gasteiger partial charge is 0.488 e. The van der Waals surface area contributed by atoms with Crippen LogP contribution in [0.5, 0.6) is 5.75 Å². The van der Waals surface area contributed by atoms with Crippen molar-refractivity contribution < 1.29 is 32.9 Å². The van der Waals surface area contributed by atoms with Crippen LogP contribution >= 0.6 is 0 Å². The molecule has 9 heteroatoms. The van der Waals surface area contributed by atoms with Crippen LogP contribution in [0.4, 0.5) is 9.18 Å². The molecule has 2 heterocycles. The lowest BCUT2D eigenvalue weighted by molar-refractivity contribution is -0.137. The van der Waals surface area contributed by atoms with Gasteiger partial charge < -0.3 is 29.2 Å². The Morgan fingerprint density at radius 2 is 1.98 bits per heavy atom. The van der Waals surface area contributed by atoms with Crippen LogP contribution in [-0.2, 0) is 25.6 Å². The van der Waals surface area contributed by atoms with E-state index in [1.807, 2.05) is 57.2 Å². The number of halogens is 1. The Morgan fingerprint density at radius 1 is 1.17 bits per heavy atom. The number of nitrogens with one attached hydrogen (secondary N) is 1. The normalized spacial score (nSPS) is 24.6. The van der Waals surface area contributed by atoms with Gasteiger partial charge in [0.2, 0.25) is 5.91 Å². The predicted octanol–water partition coefficient (Wildman–Crippen LogP) is 5.25. The summed E-state index contributed by atoms with van der Waals surface area (Å²) in [6.07, 6.45) is 3.93. The third-order valence-electron chi connectivity index (χ3n) is 7.81. The fourth-order valence-electron chi connectivity index (χ4n) is 5.81. The van der Waals surface area contributed by atoms with E-state index in [9.17, 15) is 9.59 Å². The average Bonchev–Trinajstić information content (AvgIpc) is 3.27. The zero-order valence-corrected chi connectivity index (χ0v) is 24.0. The minimum atomic E-state index is -0.722. The number of morpholine rings is 1. The van der Waals surface area contributed by atoms with Gasteiger partial charge >= 0.3 is 6.09 Å². The summed E-state index contributed by atoms with van der Waals surface area (Å²) in [5, 5.41) is 3.08. The molecule has 2 fully saturated rings. The molecule has 5 rings (SSSR count). The molecule has 1 N–H and O–H groups in total. The first-order chi connectivity index (χ1) is 19.6. The summed E-state index contributed by atoms with van der Waals surface area (Å²) in [5.74, 6) is 0.0104. The van der Waals surface area contributed by atoms with Crippen molar-refractivity contribution >= 4 is 17.6 Å². The molecule has 8 nitrogen and oxygen atoms in total. The van der Waals surface area contributed by atoms with E-state index >= 15 is 4.39 Å². The molecular weight excluding hydrogens is 527 g/mol. The number of ether oxygens (including phenoxy) is 4. The molecule has 3 atom stereocenters. The summed E-state index contributed by atoms with van der Waals surface area (Å²) in [6, 6.07) is 14.3. The van der Waals surface area contributed by atoms with Crippen LogP contribution in [0.1, 0.15) is 57.6 Å². The van der Waals surface area contributed by atoms with Gasteiger partial charge in [0.15, 0.2) is 0 Å². The van der Waals surface area contributed by atoms with Crippen LogP contribution < -0.4 is 10.1 Å². The minimum Gasteiger partial charge on any atom is -0.488 e. The fourth-order valence-corrected chi connectivity index (χ4v) is 5.81. The molecule has 2 amide bonds. The van der Waals surface area contributed by atoms with Gasteiger partial charge in [-0.3, -0.25) is 4.79 Å². The first kappa shape index (κ1) is 29.1. The molecule has 3 aliphatic rings. The number of hydrogen-bond acceptors (Lipinski definition) is 6. The summed E-state index contributed by atoms with van der Waals surface area (Å²) >= 11 is 0. The van der Waals surface area contributed by atoms with Gasteiger partial charge in [0.25, 0.3) is 0 Å². The maximum atomic E-state index is 15.0. The number of allylic oxidation sites excluding steroid dienone is 1. The van der Waals surface area contributed by atoms with Crippen LogP contribution in [0.2, 0.25) is 0 Å². The topological polar surface area (TPSA) is 86.3 Å². The summed E-state index contributed by atoms with van der Waals surface area (Å²) in [5.41, 5.74) is 1.03. The number of carbonyl (C=O) groups is 2. The lowest BCUT2D eigenvalue weighted by atomic mass is 9.89. The van der Waals surface area contributed by atoms with E-state index in [0.717, 1.165) is 11.1 Å². The Balaban J connectivity index is 1.26. The molecule has 220 valence electrons. The number of benzene rings is 2. The Morgan fingerprint density at radius 3 is 2.68 bits per heavy atom. The molecule has 2 aromatic rings. The van der Waals surface area contributed by atoms with Gasteiger partial charge in [0, 0.05) is 6.54 Å². The lowest BCUT2D eigenvalue weighted by Crippen LogP contribution is -2.65. The third kappa shape index (κ3) is 6.90. The Labute approximate surface area is 240 Å². The Kier molecular flexibility index (Phi) is 8.66. The number of hydrogen-bond donors (Lipinski definition) is 1. The van der Waals surface area contributed by atoms with E-state index in [4.69, 9.17) is 18.9 Å². The first-order valence-electron chi connectivity index (χ1n) is 14.3. The van der Waals surface area contributed by atoms with Crippen LogP contribution in [-0.4, -0.2) is 66.6 Å². The van der Waals surface area contributed by atoms with Crippen molar-refractivity contribution in [2.24, 2.45) is 0 Å². The zero-order chi connectivity index (χ0) is 29.0. The summed E-state index contributed by atoms with van der Waals surface area (Å²) in [4.78, 5) is 27.0. The molecule has 0 saturated carbocycles. The van der Waals surface area contributed by atoms with Crippen molar-refractivity contribution in [3.05, 3.63) is 71.6 Å². The standard InChI is InChI=1S/C32H39FN2O6/c1-31(2,3)41-30(37)35-17-16-32(21-38-20-28(36)34-32)27(35)19-39-24-14-12-23(13-15-24)29-25(33)10-7-11-26(29)40-18-22-8-5-4-6-9-22/h4-12,24,27H,13-21H2,1-3H3,(H,34,36). The van der Waals surface area contributed by atoms with E-state index in [1.54, 1.807) is 17.0 Å². The SMILES string of the molecule is CC(C)(C)OC(=O)N1CCC2(COCC(=O)N2)C1COC1CC=C(c2c(F)cccc2OCc2ccccc2)CC1. The van der Waals surface area contributed by atoms with Gasteiger partial charge in [0.05, 0.1) is 36.5 Å². The van der Waals surface area contributed by atoms with E-state index in [1.165, 1.54) is 6.07 Å². The lowest BCUT2D eigenvalue weighted by Gasteiger charge is -2.41. The Hall–Kier alpha value is -3.43. The molecule has 2 aliphatic heterocycles. The predicted molar refractivity (Wildman–Crippen MR) is 152 cm³/mol. The molecule has 2 aromatic carbocycles. The average molecular weight is 567 g/mol. The van der Waals surface area contributed by atoms with Gasteiger partial charge in [-0.1, -0.05) is 42.5 Å². The highest BCUT2D eigenvalue weighted by Gasteiger charge is 2.53. The zero-order valence-electron chi connectivity index (χ0n) is 24.0. The van der Waals surface area contributed by atoms with E-state index in [2.05, 4.69) is 5.32 Å². The van der Waals surface area contributed by atoms with Gasteiger partial charge in [-0.2, -0.15) is 0 Å². The van der Waals surface area contributed by atoms with Gasteiger partial charge in [0.1, 0.15) is 30.4 Å². The van der Waals surface area contributed by atoms with Crippen molar-refractivity contribution in [2.45, 2.75) is 76.3 Å². The van der Waals surface area contributed by atoms with Gasteiger partial charge in [-0.05, 0) is 69.7 Å². The number of amides is 2. The highest BCUT2D eigenvalue weighted by Crippen LogP contribution is 2.37. The molecule has 0 radical (unpaired) electrons. The van der Waals surface area contributed by atoms with Crippen molar-refractivity contribution in [3.8, 4) is 5.75 Å². The van der Waals surface area contributed by atoms with Crippen LogP contribution in [0.15, 0.2) is 54.6 Å². The van der Waals surface area contributed by atoms with Crippen molar-refractivity contribution in [2.75, 3.05) is 26.4 Å². The second-order valence-corrected chi connectivity index (χ2v) is 12.0. The smallest absolute Gasteiger partial charge is 0.410 e. The Bertz CT molecular complexity index is 1280. The number of carbonyl (C=O) groups excluding carboxylic acids is 2. The second-order valence-electron chi connectivity index (χ2n) is 12.0. The highest BCUT2D eigenvalue weighted by molar-refractivity contribution is 5.79. The summed E-state index contributed by atoms with van der Waals surface area (Å²) in [6.45, 7) is 6.80. The first-order valence-corrected chi connectivity index (χ1v) is 14.3. The van der Waals surface area contributed by atoms with Crippen molar-refractivity contribution in [1.82, 2.24) is 10.2 Å². The minimum absolute atomic E-state index is 0.00502. The van der Waals surface area contributed by atoms with Gasteiger partial charge in [-0.15, -0.1) is 0 Å². The molecule has 0 bridgehead atoms. The molecule has 0 aromatic heterocycles. The van der Waals surface area contributed by atoms with E-state index in [0.29, 0.717) is 56.8 Å². The van der Waals surface area contributed by atoms with Crippen LogP contribution in [0.25, 0.3) is 5.57 Å². The quantitative estimate of drug-likeness (QED) is 0.493. The monoisotopic (exact) mass is 566 g/mol. The maximum Gasteiger partial charge on any atom is 0.410 e. The van der Waals surface area contributed by atoms with Crippen molar-refractivity contribution in [3.63, 3.8) is 0 Å². The number of nitrogens with zero attached hydrogens (tertiary/aromatic N) is 1. The molecular formula is C32H39FN2O6. The van der Waals surface area contributed by atoms with Gasteiger partial charge in [-0.25, -0.2) is 9.18 Å². The number of rotatable bonds is 7. The summed E-state index contributed by atoms with van der Waals surface area (Å²) < 4.78 is 38.7.